The van der Waals surface area contributed by atoms with Gasteiger partial charge in [-0.25, -0.2) is 13.6 Å². The maximum Gasteiger partial charge on any atom is 0.238 e. The van der Waals surface area contributed by atoms with Gasteiger partial charge in [0.25, 0.3) is 0 Å². The largest absolute Gasteiger partial charge is 0.313 e. The van der Waals surface area contributed by atoms with Crippen molar-refractivity contribution in [1.82, 2.24) is 4.57 Å². The minimum absolute atomic E-state index is 0.0232. The molecule has 5 nitrogen and oxygen atoms in total. The van der Waals surface area contributed by atoms with Crippen LogP contribution in [0.4, 0.5) is 0 Å². The molecule has 0 radical (unpaired) electrons. The number of sulfonamides is 1. The van der Waals surface area contributed by atoms with Gasteiger partial charge < -0.3 is 4.57 Å². The Morgan fingerprint density at radius 1 is 0.875 bits per heavy atom. The molecule has 0 saturated carbocycles. The second-order valence-corrected chi connectivity index (χ2v) is 9.60. The van der Waals surface area contributed by atoms with E-state index < -0.39 is 10.0 Å². The number of carbonyl (C=O) groups is 1. The molecular formula is C25H21ClN2O3S. The van der Waals surface area contributed by atoms with Gasteiger partial charge in [-0.2, -0.15) is 0 Å². The Bertz CT molecular complexity index is 1400. The van der Waals surface area contributed by atoms with Crippen LogP contribution in [-0.2, 0) is 10.0 Å². The normalized spacial score (nSPS) is 11.5. The summed E-state index contributed by atoms with van der Waals surface area (Å²) in [6.07, 6.45) is 0. The fourth-order valence-corrected chi connectivity index (χ4v) is 4.29. The molecule has 162 valence electrons. The van der Waals surface area contributed by atoms with Crippen LogP contribution in [0.2, 0.25) is 5.02 Å². The van der Waals surface area contributed by atoms with Gasteiger partial charge in [-0.05, 0) is 61.9 Å². The smallest absolute Gasteiger partial charge is 0.238 e. The minimum Gasteiger partial charge on any atom is -0.313 e. The van der Waals surface area contributed by atoms with E-state index >= 15 is 0 Å². The van der Waals surface area contributed by atoms with Crippen LogP contribution in [0, 0.1) is 13.8 Å². The SMILES string of the molecule is Cc1ccc(C(=O)c2cc(-c3ccc(Cl)cc3)n(-c3ccc(S(N)(=O)=O)cc3)c2C)cc1. The van der Waals surface area contributed by atoms with Gasteiger partial charge in [0.2, 0.25) is 10.0 Å². The molecule has 0 spiro atoms. The molecule has 4 rings (SSSR count). The Morgan fingerprint density at radius 3 is 2.03 bits per heavy atom. The number of ketones is 1. The molecule has 0 atom stereocenters. The van der Waals surface area contributed by atoms with Crippen molar-refractivity contribution in [1.29, 1.82) is 0 Å². The maximum atomic E-state index is 13.3. The highest BCUT2D eigenvalue weighted by Crippen LogP contribution is 2.32. The lowest BCUT2D eigenvalue weighted by molar-refractivity contribution is 0.103. The summed E-state index contributed by atoms with van der Waals surface area (Å²) in [7, 11) is -3.80. The van der Waals surface area contributed by atoms with Gasteiger partial charge in [-0.15, -0.1) is 0 Å². The van der Waals surface area contributed by atoms with E-state index in [0.29, 0.717) is 21.8 Å². The summed E-state index contributed by atoms with van der Waals surface area (Å²) < 4.78 is 25.2. The first-order valence-electron chi connectivity index (χ1n) is 9.88. The fraction of sp³-hybridized carbons (Fsp3) is 0.0800. The predicted molar refractivity (Wildman–Crippen MR) is 127 cm³/mol. The zero-order valence-electron chi connectivity index (χ0n) is 17.5. The van der Waals surface area contributed by atoms with Crippen LogP contribution in [0.3, 0.4) is 0 Å². The molecule has 1 heterocycles. The third-order valence-corrected chi connectivity index (χ3v) is 6.55. The van der Waals surface area contributed by atoms with E-state index in [9.17, 15) is 13.2 Å². The van der Waals surface area contributed by atoms with Crippen LogP contribution in [0.5, 0.6) is 0 Å². The Balaban J connectivity index is 1.90. The highest BCUT2D eigenvalue weighted by atomic mass is 35.5. The molecule has 0 aliphatic carbocycles. The third-order valence-electron chi connectivity index (χ3n) is 5.37. The Hall–Kier alpha value is -3.19. The van der Waals surface area contributed by atoms with Crippen LogP contribution >= 0.6 is 11.6 Å². The van der Waals surface area contributed by atoms with E-state index in [1.165, 1.54) is 12.1 Å². The van der Waals surface area contributed by atoms with Crippen LogP contribution in [0.1, 0.15) is 27.2 Å². The number of rotatable bonds is 5. The molecule has 0 aliphatic heterocycles. The maximum absolute atomic E-state index is 13.3. The van der Waals surface area contributed by atoms with Gasteiger partial charge in [-0.3, -0.25) is 4.79 Å². The molecule has 2 N–H and O–H groups in total. The first kappa shape index (κ1) is 22.0. The van der Waals surface area contributed by atoms with Crippen molar-refractivity contribution < 1.29 is 13.2 Å². The quantitative estimate of drug-likeness (QED) is 0.407. The molecule has 0 bridgehead atoms. The lowest BCUT2D eigenvalue weighted by atomic mass is 10.0. The van der Waals surface area contributed by atoms with Crippen LogP contribution in [0.25, 0.3) is 16.9 Å². The minimum atomic E-state index is -3.80. The standard InChI is InChI=1S/C25H21ClN2O3S/c1-16-3-5-19(6-4-16)25(29)23-15-24(18-7-9-20(26)10-8-18)28(17(23)2)21-11-13-22(14-12-21)32(27,30)31/h3-15H,1-2H3,(H2,27,30,31). The second-order valence-electron chi connectivity index (χ2n) is 7.61. The van der Waals surface area contributed by atoms with Crippen molar-refractivity contribution in [3.05, 3.63) is 106 Å². The summed E-state index contributed by atoms with van der Waals surface area (Å²) in [5, 5.41) is 5.85. The highest BCUT2D eigenvalue weighted by Gasteiger charge is 2.21. The Kier molecular flexibility index (Phi) is 5.77. The molecule has 0 amide bonds. The number of nitrogens with zero attached hydrogens (tertiary/aromatic N) is 1. The van der Waals surface area contributed by atoms with E-state index in [4.69, 9.17) is 16.7 Å². The first-order valence-corrected chi connectivity index (χ1v) is 11.8. The number of nitrogens with two attached hydrogens (primary N) is 1. The molecular weight excluding hydrogens is 444 g/mol. The van der Waals surface area contributed by atoms with Gasteiger partial charge in [0.05, 0.1) is 10.6 Å². The number of hydrogen-bond donors (Lipinski definition) is 1. The summed E-state index contributed by atoms with van der Waals surface area (Å²) >= 11 is 6.07. The third kappa shape index (κ3) is 4.25. The van der Waals surface area contributed by atoms with Crippen molar-refractivity contribution in [2.75, 3.05) is 0 Å². The second kappa shape index (κ2) is 8.39. The number of halogens is 1. The van der Waals surface area contributed by atoms with Crippen molar-refractivity contribution in [2.24, 2.45) is 5.14 Å². The van der Waals surface area contributed by atoms with Crippen LogP contribution in [0.15, 0.2) is 83.8 Å². The summed E-state index contributed by atoms with van der Waals surface area (Å²) in [6, 6.07) is 22.9. The van der Waals surface area contributed by atoms with E-state index in [1.807, 2.05) is 60.9 Å². The van der Waals surface area contributed by atoms with Crippen molar-refractivity contribution in [3.8, 4) is 16.9 Å². The molecule has 0 saturated heterocycles. The van der Waals surface area contributed by atoms with Crippen molar-refractivity contribution >= 4 is 27.4 Å². The Labute approximate surface area is 192 Å². The molecule has 4 aromatic rings. The fourth-order valence-electron chi connectivity index (χ4n) is 3.65. The predicted octanol–water partition coefficient (Wildman–Crippen LogP) is 5.29. The van der Waals surface area contributed by atoms with Crippen LogP contribution < -0.4 is 5.14 Å². The van der Waals surface area contributed by atoms with Gasteiger partial charge in [0.1, 0.15) is 0 Å². The number of aromatic nitrogens is 1. The molecule has 0 fully saturated rings. The Morgan fingerprint density at radius 2 is 1.47 bits per heavy atom. The molecule has 0 unspecified atom stereocenters. The van der Waals surface area contributed by atoms with Crippen molar-refractivity contribution in [2.45, 2.75) is 18.7 Å². The van der Waals surface area contributed by atoms with Crippen molar-refractivity contribution in [3.63, 3.8) is 0 Å². The van der Waals surface area contributed by atoms with Gasteiger partial charge in [0.15, 0.2) is 5.78 Å². The average Bonchev–Trinajstić information content (AvgIpc) is 3.11. The number of carbonyl (C=O) groups excluding carboxylic acids is 1. The van der Waals surface area contributed by atoms with E-state index in [-0.39, 0.29) is 10.7 Å². The number of aryl methyl sites for hydroxylation is 1. The first-order chi connectivity index (χ1) is 15.1. The van der Waals surface area contributed by atoms with Gasteiger partial charge in [-0.1, -0.05) is 53.6 Å². The molecule has 3 aromatic carbocycles. The molecule has 1 aromatic heterocycles. The monoisotopic (exact) mass is 464 g/mol. The summed E-state index contributed by atoms with van der Waals surface area (Å²) in [6.45, 7) is 3.84. The number of primary sulfonamides is 1. The van der Waals surface area contributed by atoms with E-state index in [1.54, 1.807) is 24.3 Å². The lowest BCUT2D eigenvalue weighted by Crippen LogP contribution is -2.12. The number of hydrogen-bond acceptors (Lipinski definition) is 3. The summed E-state index contributed by atoms with van der Waals surface area (Å²) in [4.78, 5) is 13.3. The zero-order chi connectivity index (χ0) is 23.0. The number of benzene rings is 3. The zero-order valence-corrected chi connectivity index (χ0v) is 19.1. The highest BCUT2D eigenvalue weighted by molar-refractivity contribution is 7.89. The molecule has 32 heavy (non-hydrogen) atoms. The van der Waals surface area contributed by atoms with Gasteiger partial charge >= 0.3 is 0 Å². The summed E-state index contributed by atoms with van der Waals surface area (Å²) in [5.41, 5.74) is 5.35. The average molecular weight is 465 g/mol. The van der Waals surface area contributed by atoms with Crippen LogP contribution in [-0.4, -0.2) is 18.8 Å². The topological polar surface area (TPSA) is 82.2 Å². The van der Waals surface area contributed by atoms with E-state index in [0.717, 1.165) is 22.5 Å². The van der Waals surface area contributed by atoms with E-state index in [2.05, 4.69) is 0 Å². The summed E-state index contributed by atoms with van der Waals surface area (Å²) in [5.74, 6) is -0.0855. The lowest BCUT2D eigenvalue weighted by Gasteiger charge is -2.13. The molecule has 0 aliphatic rings. The van der Waals surface area contributed by atoms with Gasteiger partial charge in [0, 0.05) is 27.5 Å². The molecule has 7 heteroatoms.